The molecule has 1 aromatic carbocycles. The van der Waals surface area contributed by atoms with E-state index in [1.807, 2.05) is 0 Å². The minimum atomic E-state index is 0.274. The number of likely N-dealkylation sites (N-methyl/N-ethyl adjacent to an activating group) is 1. The van der Waals surface area contributed by atoms with E-state index in [9.17, 15) is 0 Å². The normalized spacial score (nSPS) is 23.9. The summed E-state index contributed by atoms with van der Waals surface area (Å²) in [6.45, 7) is 10.2. The summed E-state index contributed by atoms with van der Waals surface area (Å²) in [6, 6.07) is 8.70. The lowest BCUT2D eigenvalue weighted by molar-refractivity contribution is 0.281. The van der Waals surface area contributed by atoms with Crippen molar-refractivity contribution in [2.45, 2.75) is 45.6 Å². The van der Waals surface area contributed by atoms with Gasteiger partial charge in [0.15, 0.2) is 0 Å². The van der Waals surface area contributed by atoms with Gasteiger partial charge in [0.1, 0.15) is 0 Å². The maximum atomic E-state index is 3.71. The molecule has 0 aromatic heterocycles. The number of hydrogen-bond donors (Lipinski definition) is 1. The molecule has 100 valence electrons. The van der Waals surface area contributed by atoms with Gasteiger partial charge in [-0.1, -0.05) is 24.6 Å². The van der Waals surface area contributed by atoms with E-state index in [1.54, 1.807) is 0 Å². The highest BCUT2D eigenvalue weighted by Gasteiger charge is 2.28. The Morgan fingerprint density at radius 2 is 2.06 bits per heavy atom. The topological polar surface area (TPSA) is 15.3 Å². The van der Waals surface area contributed by atoms with Crippen LogP contribution in [-0.2, 0) is 0 Å². The summed E-state index contributed by atoms with van der Waals surface area (Å²) in [5, 5.41) is 3.71. The van der Waals surface area contributed by atoms with Crippen LogP contribution in [0.4, 0.5) is 5.69 Å². The lowest BCUT2D eigenvalue weighted by atomic mass is 9.90. The highest BCUT2D eigenvalue weighted by Crippen LogP contribution is 2.25. The Labute approximate surface area is 111 Å². The molecule has 2 heteroatoms. The molecular formula is C16H26N2. The molecule has 1 fully saturated rings. The van der Waals surface area contributed by atoms with Gasteiger partial charge in [-0.15, -0.1) is 0 Å². The molecule has 2 rings (SSSR count). The molecule has 1 heterocycles. The minimum absolute atomic E-state index is 0.274. The molecule has 18 heavy (non-hydrogen) atoms. The predicted octanol–water partition coefficient (Wildman–Crippen LogP) is 3.35. The fourth-order valence-electron chi connectivity index (χ4n) is 2.96. The van der Waals surface area contributed by atoms with Crippen LogP contribution in [0.1, 0.15) is 38.7 Å². The fourth-order valence-corrected chi connectivity index (χ4v) is 2.96. The van der Waals surface area contributed by atoms with E-state index >= 15 is 0 Å². The van der Waals surface area contributed by atoms with E-state index in [-0.39, 0.29) is 5.54 Å². The maximum Gasteiger partial charge on any atom is 0.0396 e. The monoisotopic (exact) mass is 246 g/mol. The van der Waals surface area contributed by atoms with Gasteiger partial charge in [-0.2, -0.15) is 0 Å². The molecule has 0 bridgehead atoms. The van der Waals surface area contributed by atoms with Crippen molar-refractivity contribution < 1.29 is 0 Å². The maximum absolute atomic E-state index is 3.71. The van der Waals surface area contributed by atoms with E-state index in [4.69, 9.17) is 0 Å². The molecule has 1 N–H and O–H groups in total. The summed E-state index contributed by atoms with van der Waals surface area (Å²) in [4.78, 5) is 2.51. The number of nitrogens with zero attached hydrogens (tertiary/aromatic N) is 1. The zero-order chi connectivity index (χ0) is 13.0. The number of para-hydroxylation sites is 1. The largest absolute Gasteiger partial charge is 0.370 e. The van der Waals surface area contributed by atoms with Crippen LogP contribution in [0.25, 0.3) is 0 Å². The Bertz CT molecular complexity index is 380. The van der Waals surface area contributed by atoms with Crippen molar-refractivity contribution in [1.29, 1.82) is 0 Å². The molecule has 0 spiro atoms. The zero-order valence-corrected chi connectivity index (χ0v) is 12.0. The standard InChI is InChI=1S/C16H26N2/c1-4-18(15-10-6-5-9-14(15)2)13-16(3)11-7-8-12-17-16/h5-6,9-10,17H,4,7-8,11-13H2,1-3H3. The highest BCUT2D eigenvalue weighted by molar-refractivity contribution is 5.53. The van der Waals surface area contributed by atoms with Crippen molar-refractivity contribution in [1.82, 2.24) is 5.32 Å². The van der Waals surface area contributed by atoms with Crippen molar-refractivity contribution in [3.63, 3.8) is 0 Å². The number of benzene rings is 1. The summed E-state index contributed by atoms with van der Waals surface area (Å²) < 4.78 is 0. The van der Waals surface area contributed by atoms with Gasteiger partial charge in [0.05, 0.1) is 0 Å². The van der Waals surface area contributed by atoms with Crippen LogP contribution in [0, 0.1) is 6.92 Å². The summed E-state index contributed by atoms with van der Waals surface area (Å²) in [7, 11) is 0. The first kappa shape index (κ1) is 13.4. The summed E-state index contributed by atoms with van der Waals surface area (Å²) >= 11 is 0. The van der Waals surface area contributed by atoms with E-state index in [0.717, 1.165) is 13.1 Å². The first-order valence-corrected chi connectivity index (χ1v) is 7.20. The summed E-state index contributed by atoms with van der Waals surface area (Å²) in [5.41, 5.74) is 3.03. The number of piperidine rings is 1. The molecule has 1 aromatic rings. The third-order valence-corrected chi connectivity index (χ3v) is 4.08. The lowest BCUT2D eigenvalue weighted by Crippen LogP contribution is -2.53. The first-order chi connectivity index (χ1) is 8.64. The second-order valence-electron chi connectivity index (χ2n) is 5.75. The van der Waals surface area contributed by atoms with Crippen LogP contribution < -0.4 is 10.2 Å². The molecule has 1 atom stereocenters. The van der Waals surface area contributed by atoms with Crippen LogP contribution in [0.2, 0.25) is 0 Å². The Morgan fingerprint density at radius 1 is 1.28 bits per heavy atom. The molecule has 2 nitrogen and oxygen atoms in total. The number of anilines is 1. The van der Waals surface area contributed by atoms with Crippen LogP contribution >= 0.6 is 0 Å². The number of aryl methyl sites for hydroxylation is 1. The number of nitrogens with one attached hydrogen (secondary N) is 1. The molecule has 1 unspecified atom stereocenters. The number of rotatable bonds is 4. The quantitative estimate of drug-likeness (QED) is 0.876. The lowest BCUT2D eigenvalue weighted by Gasteiger charge is -2.40. The summed E-state index contributed by atoms with van der Waals surface area (Å²) in [5.74, 6) is 0. The van der Waals surface area contributed by atoms with Crippen molar-refractivity contribution in [2.24, 2.45) is 0 Å². The number of hydrogen-bond acceptors (Lipinski definition) is 2. The molecule has 1 aliphatic heterocycles. The molecule has 0 aliphatic carbocycles. The van der Waals surface area contributed by atoms with E-state index in [2.05, 4.69) is 55.3 Å². The summed E-state index contributed by atoms with van der Waals surface area (Å²) in [6.07, 6.45) is 3.97. The Kier molecular flexibility index (Phi) is 4.28. The van der Waals surface area contributed by atoms with Crippen LogP contribution in [-0.4, -0.2) is 25.2 Å². The minimum Gasteiger partial charge on any atom is -0.370 e. The predicted molar refractivity (Wildman–Crippen MR) is 79.3 cm³/mol. The van der Waals surface area contributed by atoms with Crippen LogP contribution in [0.5, 0.6) is 0 Å². The third-order valence-electron chi connectivity index (χ3n) is 4.08. The average Bonchev–Trinajstić information content (AvgIpc) is 2.38. The van der Waals surface area contributed by atoms with E-state index in [1.165, 1.54) is 37.1 Å². The van der Waals surface area contributed by atoms with Gasteiger partial charge < -0.3 is 10.2 Å². The van der Waals surface area contributed by atoms with Crippen molar-refractivity contribution in [2.75, 3.05) is 24.5 Å². The van der Waals surface area contributed by atoms with Crippen molar-refractivity contribution in [3.05, 3.63) is 29.8 Å². The third kappa shape index (κ3) is 3.05. The Morgan fingerprint density at radius 3 is 2.67 bits per heavy atom. The second-order valence-corrected chi connectivity index (χ2v) is 5.75. The molecule has 0 radical (unpaired) electrons. The Hall–Kier alpha value is -1.02. The van der Waals surface area contributed by atoms with Crippen molar-refractivity contribution in [3.8, 4) is 0 Å². The average molecular weight is 246 g/mol. The zero-order valence-electron chi connectivity index (χ0n) is 12.0. The second kappa shape index (κ2) is 5.75. The van der Waals surface area contributed by atoms with Gasteiger partial charge in [0.2, 0.25) is 0 Å². The van der Waals surface area contributed by atoms with Crippen molar-refractivity contribution >= 4 is 5.69 Å². The smallest absolute Gasteiger partial charge is 0.0396 e. The first-order valence-electron chi connectivity index (χ1n) is 7.20. The Balaban J connectivity index is 2.12. The molecule has 1 saturated heterocycles. The molecule has 1 aliphatic rings. The molecular weight excluding hydrogens is 220 g/mol. The van der Waals surface area contributed by atoms with Gasteiger partial charge >= 0.3 is 0 Å². The molecule has 0 amide bonds. The van der Waals surface area contributed by atoms with Gasteiger partial charge in [0.25, 0.3) is 0 Å². The SMILES string of the molecule is CCN(CC1(C)CCCCN1)c1ccccc1C. The van der Waals surface area contributed by atoms with Gasteiger partial charge in [-0.05, 0) is 51.8 Å². The van der Waals surface area contributed by atoms with E-state index < -0.39 is 0 Å². The highest BCUT2D eigenvalue weighted by atomic mass is 15.2. The van der Waals surface area contributed by atoms with Gasteiger partial charge in [0, 0.05) is 24.3 Å². The van der Waals surface area contributed by atoms with E-state index in [0.29, 0.717) is 0 Å². The molecule has 0 saturated carbocycles. The van der Waals surface area contributed by atoms with Gasteiger partial charge in [-0.25, -0.2) is 0 Å². The van der Waals surface area contributed by atoms with Gasteiger partial charge in [-0.3, -0.25) is 0 Å². The van der Waals surface area contributed by atoms with Crippen LogP contribution in [0.3, 0.4) is 0 Å². The van der Waals surface area contributed by atoms with Crippen LogP contribution in [0.15, 0.2) is 24.3 Å². The fraction of sp³-hybridized carbons (Fsp3) is 0.625.